The predicted octanol–water partition coefficient (Wildman–Crippen LogP) is 1.51. The molecule has 110 valence electrons. The Labute approximate surface area is 117 Å². The number of likely N-dealkylation sites (tertiary alicyclic amines) is 1. The van der Waals surface area contributed by atoms with Crippen LogP contribution in [0.1, 0.15) is 51.9 Å². The van der Waals surface area contributed by atoms with Crippen LogP contribution in [0, 0.1) is 0 Å². The van der Waals surface area contributed by atoms with Gasteiger partial charge in [-0.1, -0.05) is 6.42 Å². The summed E-state index contributed by atoms with van der Waals surface area (Å²) in [6.07, 6.45) is 8.49. The summed E-state index contributed by atoms with van der Waals surface area (Å²) in [5, 5.41) is 6.41. The van der Waals surface area contributed by atoms with Crippen molar-refractivity contribution in [1.82, 2.24) is 15.5 Å². The van der Waals surface area contributed by atoms with Gasteiger partial charge in [0, 0.05) is 12.6 Å². The minimum absolute atomic E-state index is 0.0429. The van der Waals surface area contributed by atoms with Gasteiger partial charge >= 0.3 is 0 Å². The molecule has 19 heavy (non-hydrogen) atoms. The number of carbonyl (C=O) groups excluding carboxylic acids is 1. The van der Waals surface area contributed by atoms with Crippen LogP contribution in [0.4, 0.5) is 0 Å². The van der Waals surface area contributed by atoms with E-state index in [9.17, 15) is 4.79 Å². The maximum absolute atomic E-state index is 11.8. The van der Waals surface area contributed by atoms with Gasteiger partial charge in [-0.05, 0) is 65.1 Å². The average Bonchev–Trinajstić information content (AvgIpc) is 2.62. The molecular formula is C15H29N3O. The zero-order valence-electron chi connectivity index (χ0n) is 12.3. The molecule has 0 saturated carbocycles. The van der Waals surface area contributed by atoms with E-state index in [0.29, 0.717) is 0 Å². The first-order valence-corrected chi connectivity index (χ1v) is 8.02. The van der Waals surface area contributed by atoms with E-state index < -0.39 is 0 Å². The second-order valence-corrected chi connectivity index (χ2v) is 6.03. The third-order valence-electron chi connectivity index (χ3n) is 4.49. The molecule has 1 amide bonds. The molecule has 2 rings (SSSR count). The molecule has 0 aromatic rings. The summed E-state index contributed by atoms with van der Waals surface area (Å²) in [5.74, 6) is 0.198. The van der Waals surface area contributed by atoms with Crippen molar-refractivity contribution in [1.29, 1.82) is 0 Å². The highest BCUT2D eigenvalue weighted by Gasteiger charge is 2.20. The standard InChI is InChI=1S/C15H29N3O/c1-13-7-3-5-11-18(13)12-6-10-16-14-8-2-4-9-17-15(14)19/h13-14,16H,2-12H2,1H3,(H,17,19). The maximum Gasteiger partial charge on any atom is 0.237 e. The van der Waals surface area contributed by atoms with E-state index in [2.05, 4.69) is 22.5 Å². The highest BCUT2D eigenvalue weighted by Crippen LogP contribution is 2.16. The SMILES string of the molecule is CC1CCCCN1CCCNC1CCCCNC1=O. The molecule has 0 bridgehead atoms. The van der Waals surface area contributed by atoms with Crippen molar-refractivity contribution in [3.8, 4) is 0 Å². The lowest BCUT2D eigenvalue weighted by Crippen LogP contribution is -2.44. The Balaban J connectivity index is 1.61. The van der Waals surface area contributed by atoms with Gasteiger partial charge in [0.1, 0.15) is 0 Å². The first-order chi connectivity index (χ1) is 9.27. The monoisotopic (exact) mass is 267 g/mol. The summed E-state index contributed by atoms with van der Waals surface area (Å²) >= 11 is 0. The molecule has 0 aliphatic carbocycles. The molecule has 4 nitrogen and oxygen atoms in total. The molecular weight excluding hydrogens is 238 g/mol. The summed E-state index contributed by atoms with van der Waals surface area (Å²) in [5.41, 5.74) is 0. The van der Waals surface area contributed by atoms with Gasteiger partial charge in [0.15, 0.2) is 0 Å². The van der Waals surface area contributed by atoms with Crippen molar-refractivity contribution in [2.45, 2.75) is 64.0 Å². The number of hydrogen-bond acceptors (Lipinski definition) is 3. The molecule has 0 aromatic carbocycles. The van der Waals surface area contributed by atoms with Crippen molar-refractivity contribution in [3.63, 3.8) is 0 Å². The van der Waals surface area contributed by atoms with Crippen molar-refractivity contribution in [3.05, 3.63) is 0 Å². The molecule has 2 atom stereocenters. The number of piperidine rings is 1. The van der Waals surface area contributed by atoms with Gasteiger partial charge in [-0.2, -0.15) is 0 Å². The van der Waals surface area contributed by atoms with E-state index in [1.807, 2.05) is 0 Å². The van der Waals surface area contributed by atoms with E-state index in [1.165, 1.54) is 32.4 Å². The number of nitrogens with one attached hydrogen (secondary N) is 2. The quantitative estimate of drug-likeness (QED) is 0.742. The van der Waals surface area contributed by atoms with Crippen LogP contribution in [-0.2, 0) is 4.79 Å². The zero-order chi connectivity index (χ0) is 13.5. The third-order valence-corrected chi connectivity index (χ3v) is 4.49. The number of nitrogens with zero attached hydrogens (tertiary/aromatic N) is 1. The summed E-state index contributed by atoms with van der Waals surface area (Å²) in [6, 6.07) is 0.788. The molecule has 2 aliphatic rings. The first-order valence-electron chi connectivity index (χ1n) is 8.02. The predicted molar refractivity (Wildman–Crippen MR) is 78.2 cm³/mol. The van der Waals surface area contributed by atoms with E-state index in [1.54, 1.807) is 0 Å². The largest absolute Gasteiger partial charge is 0.355 e. The molecule has 2 fully saturated rings. The first kappa shape index (κ1) is 14.8. The molecule has 2 unspecified atom stereocenters. The highest BCUT2D eigenvalue weighted by molar-refractivity contribution is 5.81. The van der Waals surface area contributed by atoms with E-state index in [4.69, 9.17) is 0 Å². The Bertz CT molecular complexity index is 283. The summed E-state index contributed by atoms with van der Waals surface area (Å²) < 4.78 is 0. The second kappa shape index (κ2) is 7.85. The molecule has 0 spiro atoms. The zero-order valence-corrected chi connectivity index (χ0v) is 12.3. The van der Waals surface area contributed by atoms with Gasteiger partial charge < -0.3 is 15.5 Å². The van der Waals surface area contributed by atoms with Crippen molar-refractivity contribution >= 4 is 5.91 Å². The Kier molecular flexibility index (Phi) is 6.11. The summed E-state index contributed by atoms with van der Waals surface area (Å²) in [6.45, 7) is 6.57. The Morgan fingerprint density at radius 2 is 2.11 bits per heavy atom. The normalized spacial score (nSPS) is 29.8. The van der Waals surface area contributed by atoms with E-state index >= 15 is 0 Å². The minimum Gasteiger partial charge on any atom is -0.355 e. The fourth-order valence-electron chi connectivity index (χ4n) is 3.18. The van der Waals surface area contributed by atoms with Gasteiger partial charge in [-0.25, -0.2) is 0 Å². The topological polar surface area (TPSA) is 44.4 Å². The van der Waals surface area contributed by atoms with Crippen LogP contribution in [0.5, 0.6) is 0 Å². The Morgan fingerprint density at radius 1 is 1.26 bits per heavy atom. The lowest BCUT2D eigenvalue weighted by atomic mass is 10.0. The summed E-state index contributed by atoms with van der Waals surface area (Å²) in [4.78, 5) is 14.4. The second-order valence-electron chi connectivity index (χ2n) is 6.03. The number of amides is 1. The van der Waals surface area contributed by atoms with Crippen LogP contribution in [0.2, 0.25) is 0 Å². The highest BCUT2D eigenvalue weighted by atomic mass is 16.2. The lowest BCUT2D eigenvalue weighted by Gasteiger charge is -2.33. The molecule has 2 heterocycles. The van der Waals surface area contributed by atoms with Gasteiger partial charge in [0.25, 0.3) is 0 Å². The molecule has 4 heteroatoms. The van der Waals surface area contributed by atoms with Crippen molar-refractivity contribution in [2.75, 3.05) is 26.2 Å². The number of rotatable bonds is 5. The number of carbonyl (C=O) groups is 1. The van der Waals surface area contributed by atoms with Gasteiger partial charge in [-0.15, -0.1) is 0 Å². The van der Waals surface area contributed by atoms with Crippen molar-refractivity contribution < 1.29 is 4.79 Å². The van der Waals surface area contributed by atoms with Gasteiger partial charge in [-0.3, -0.25) is 4.79 Å². The van der Waals surface area contributed by atoms with Crippen LogP contribution >= 0.6 is 0 Å². The van der Waals surface area contributed by atoms with Crippen molar-refractivity contribution in [2.24, 2.45) is 0 Å². The Morgan fingerprint density at radius 3 is 2.95 bits per heavy atom. The van der Waals surface area contributed by atoms with Crippen LogP contribution in [0.25, 0.3) is 0 Å². The molecule has 0 radical (unpaired) electrons. The van der Waals surface area contributed by atoms with Gasteiger partial charge in [0.05, 0.1) is 6.04 Å². The maximum atomic E-state index is 11.8. The lowest BCUT2D eigenvalue weighted by molar-refractivity contribution is -0.122. The Hall–Kier alpha value is -0.610. The number of hydrogen-bond donors (Lipinski definition) is 2. The fourth-order valence-corrected chi connectivity index (χ4v) is 3.18. The summed E-state index contributed by atoms with van der Waals surface area (Å²) in [7, 11) is 0. The minimum atomic E-state index is 0.0429. The molecule has 0 aromatic heterocycles. The molecule has 2 N–H and O–H groups in total. The van der Waals surface area contributed by atoms with E-state index in [-0.39, 0.29) is 11.9 Å². The van der Waals surface area contributed by atoms with Crippen LogP contribution < -0.4 is 10.6 Å². The van der Waals surface area contributed by atoms with Crippen LogP contribution in [-0.4, -0.2) is 49.1 Å². The van der Waals surface area contributed by atoms with Crippen LogP contribution in [0.3, 0.4) is 0 Å². The van der Waals surface area contributed by atoms with Gasteiger partial charge in [0.2, 0.25) is 5.91 Å². The molecule has 2 saturated heterocycles. The molecule has 2 aliphatic heterocycles. The fraction of sp³-hybridized carbons (Fsp3) is 0.933. The smallest absolute Gasteiger partial charge is 0.237 e. The average molecular weight is 267 g/mol. The van der Waals surface area contributed by atoms with E-state index in [0.717, 1.165) is 44.8 Å². The van der Waals surface area contributed by atoms with Crippen LogP contribution in [0.15, 0.2) is 0 Å². The third kappa shape index (κ3) is 4.77.